The first-order valence-electron chi connectivity index (χ1n) is 16.1. The topological polar surface area (TPSA) is 21.7 Å². The normalized spacial score (nSPS) is 17.3. The van der Waals surface area contributed by atoms with Crippen molar-refractivity contribution >= 4 is 23.1 Å². The van der Waals surface area contributed by atoms with Gasteiger partial charge < -0.3 is 4.57 Å². The first-order valence-corrected chi connectivity index (χ1v) is 16.1. The average Bonchev–Trinajstić information content (AvgIpc) is 3.40. The number of nitrogens with zero attached hydrogens (tertiary/aromatic N) is 3. The molecule has 0 N–H and O–H groups in total. The van der Waals surface area contributed by atoms with Crippen molar-refractivity contribution in [2.45, 2.75) is 45.6 Å². The highest BCUT2D eigenvalue weighted by Crippen LogP contribution is 2.37. The van der Waals surface area contributed by atoms with Crippen LogP contribution in [0.25, 0.3) is 40.0 Å². The van der Waals surface area contributed by atoms with Crippen LogP contribution in [-0.2, 0) is 13.0 Å². The molecule has 0 fully saturated rings. The second kappa shape index (κ2) is 11.1. The highest BCUT2D eigenvalue weighted by atomic mass is 15.0. The Labute approximate surface area is 259 Å². The molecule has 0 spiro atoms. The Hall–Kier alpha value is -4.76. The summed E-state index contributed by atoms with van der Waals surface area (Å²) in [6.07, 6.45) is 12.6. The second-order valence-electron chi connectivity index (χ2n) is 12.7. The number of rotatable bonds is 7. The zero-order chi connectivity index (χ0) is 29.6. The minimum Gasteiger partial charge on any atom is -0.309 e. The Bertz CT molecular complexity index is 2120. The molecule has 0 amide bonds. The van der Waals surface area contributed by atoms with Gasteiger partial charge in [-0.2, -0.15) is 4.57 Å². The minimum atomic E-state index is 0.240. The summed E-state index contributed by atoms with van der Waals surface area (Å²) in [5.74, 6) is 1.08. The van der Waals surface area contributed by atoms with Crippen LogP contribution < -0.4 is 15.1 Å². The van der Waals surface area contributed by atoms with Gasteiger partial charge in [-0.25, -0.2) is 0 Å². The molecule has 3 aromatic carbocycles. The lowest BCUT2D eigenvalue weighted by atomic mass is 9.76. The van der Waals surface area contributed by atoms with Crippen LogP contribution in [-0.4, -0.2) is 9.55 Å². The first-order chi connectivity index (χ1) is 21.7. The molecule has 44 heavy (non-hydrogen) atoms. The number of benzene rings is 3. The van der Waals surface area contributed by atoms with E-state index in [4.69, 9.17) is 4.98 Å². The minimum absolute atomic E-state index is 0.240. The van der Waals surface area contributed by atoms with Crippen molar-refractivity contribution in [3.8, 4) is 16.9 Å². The Morgan fingerprint density at radius 1 is 0.841 bits per heavy atom. The fraction of sp³-hybridized carbons (Fsp3) is 0.220. The molecule has 0 radical (unpaired) electrons. The molecule has 3 unspecified atom stereocenters. The Kier molecular flexibility index (Phi) is 6.75. The molecule has 3 atom stereocenters. The molecular formula is C41H38N3+. The molecule has 1 aliphatic heterocycles. The van der Waals surface area contributed by atoms with Gasteiger partial charge in [-0.05, 0) is 72.2 Å². The number of para-hydroxylation sites is 2. The van der Waals surface area contributed by atoms with Crippen molar-refractivity contribution in [2.24, 2.45) is 11.8 Å². The van der Waals surface area contributed by atoms with Gasteiger partial charge in [0.25, 0.3) is 0 Å². The summed E-state index contributed by atoms with van der Waals surface area (Å²) >= 11 is 0. The van der Waals surface area contributed by atoms with E-state index in [1.54, 1.807) is 0 Å². The number of pyridine rings is 2. The third-order valence-corrected chi connectivity index (χ3v) is 9.98. The highest BCUT2D eigenvalue weighted by Gasteiger charge is 2.31. The summed E-state index contributed by atoms with van der Waals surface area (Å²) in [4.78, 5) is 4.90. The number of hydrogen-bond acceptors (Lipinski definition) is 1. The lowest BCUT2D eigenvalue weighted by molar-refractivity contribution is -0.686. The summed E-state index contributed by atoms with van der Waals surface area (Å²) in [6.45, 7) is 5.66. The highest BCUT2D eigenvalue weighted by molar-refractivity contribution is 5.89. The number of hydrogen-bond donors (Lipinski definition) is 0. The lowest BCUT2D eigenvalue weighted by Gasteiger charge is -2.29. The van der Waals surface area contributed by atoms with Crippen LogP contribution in [0.4, 0.5) is 0 Å². The zero-order valence-corrected chi connectivity index (χ0v) is 25.5. The van der Waals surface area contributed by atoms with Crippen LogP contribution in [0.15, 0.2) is 116 Å². The quantitative estimate of drug-likeness (QED) is 0.184. The predicted octanol–water partition coefficient (Wildman–Crippen LogP) is 7.28. The van der Waals surface area contributed by atoms with E-state index in [-0.39, 0.29) is 5.92 Å². The van der Waals surface area contributed by atoms with Crippen LogP contribution in [0, 0.1) is 18.8 Å². The molecular weight excluding hydrogens is 534 g/mol. The molecule has 0 saturated carbocycles. The summed E-state index contributed by atoms with van der Waals surface area (Å²) in [5.41, 5.74) is 10.6. The van der Waals surface area contributed by atoms with Crippen molar-refractivity contribution in [3.63, 3.8) is 0 Å². The molecule has 6 aromatic rings. The second-order valence-corrected chi connectivity index (χ2v) is 12.7. The van der Waals surface area contributed by atoms with Crippen LogP contribution in [0.5, 0.6) is 0 Å². The molecule has 4 heterocycles. The van der Waals surface area contributed by atoms with E-state index in [2.05, 4.69) is 138 Å². The van der Waals surface area contributed by atoms with Gasteiger partial charge in [-0.1, -0.05) is 79.7 Å². The fourth-order valence-electron chi connectivity index (χ4n) is 7.77. The maximum atomic E-state index is 4.90. The molecule has 1 aliphatic carbocycles. The van der Waals surface area contributed by atoms with E-state index in [0.717, 1.165) is 31.5 Å². The first kappa shape index (κ1) is 26.8. The smallest absolute Gasteiger partial charge is 0.212 e. The molecule has 0 saturated heterocycles. The third-order valence-electron chi connectivity index (χ3n) is 9.98. The maximum absolute atomic E-state index is 4.90. The largest absolute Gasteiger partial charge is 0.309 e. The summed E-state index contributed by atoms with van der Waals surface area (Å²) in [6, 6.07) is 37.5. The van der Waals surface area contributed by atoms with Crippen LogP contribution in [0.2, 0.25) is 0 Å². The van der Waals surface area contributed by atoms with Gasteiger partial charge >= 0.3 is 0 Å². The molecule has 3 heteroatoms. The zero-order valence-electron chi connectivity index (χ0n) is 25.5. The maximum Gasteiger partial charge on any atom is 0.212 e. The van der Waals surface area contributed by atoms with Gasteiger partial charge in [0.05, 0.1) is 10.9 Å². The number of fused-ring (bicyclic) bond motifs is 5. The van der Waals surface area contributed by atoms with Crippen LogP contribution in [0.3, 0.4) is 0 Å². The molecule has 0 bridgehead atoms. The Morgan fingerprint density at radius 2 is 1.66 bits per heavy atom. The van der Waals surface area contributed by atoms with Gasteiger partial charge in [0.2, 0.25) is 5.69 Å². The predicted molar refractivity (Wildman–Crippen MR) is 180 cm³/mol. The van der Waals surface area contributed by atoms with Gasteiger partial charge in [0.15, 0.2) is 6.20 Å². The molecule has 3 nitrogen and oxygen atoms in total. The Morgan fingerprint density at radius 3 is 2.55 bits per heavy atom. The number of aryl methyl sites for hydroxylation is 2. The lowest BCUT2D eigenvalue weighted by Crippen LogP contribution is -2.38. The SMILES string of the molecule is Cc1ccccc1-c1cccc[n+]1CCCC(C)C1C=c2c(c3cccc4c3n2-c2ccccc2C4)=CC1c1ccccn1. The molecule has 2 aliphatic rings. The van der Waals surface area contributed by atoms with E-state index in [0.29, 0.717) is 11.8 Å². The standard InChI is InChI=1S/C41H38N3/c1-28-13-3-5-17-32(28)39-21-8-10-23-43(39)24-12-14-29(2)34-27-40-36(26-35(34)37-19-7-9-22-42-37)33-18-11-16-31-25-30-15-4-6-20-38(30)44(40)41(31)33/h3-11,13,15-23,26-27,29,34-35H,12,14,24-25H2,1-2H3/q+1. The van der Waals surface area contributed by atoms with Gasteiger partial charge in [0.1, 0.15) is 6.54 Å². The molecule has 3 aromatic heterocycles. The van der Waals surface area contributed by atoms with Gasteiger partial charge in [-0.3, -0.25) is 4.98 Å². The van der Waals surface area contributed by atoms with Crippen molar-refractivity contribution in [1.29, 1.82) is 0 Å². The summed E-state index contributed by atoms with van der Waals surface area (Å²) in [5, 5.41) is 4.07. The molecule has 216 valence electrons. The number of aromatic nitrogens is 3. The summed E-state index contributed by atoms with van der Waals surface area (Å²) in [7, 11) is 0. The fourth-order valence-corrected chi connectivity index (χ4v) is 7.77. The van der Waals surface area contributed by atoms with Crippen molar-refractivity contribution in [1.82, 2.24) is 9.55 Å². The van der Waals surface area contributed by atoms with E-state index >= 15 is 0 Å². The van der Waals surface area contributed by atoms with Crippen molar-refractivity contribution in [3.05, 3.63) is 148 Å². The van der Waals surface area contributed by atoms with Gasteiger partial charge in [-0.15, -0.1) is 0 Å². The average molecular weight is 573 g/mol. The van der Waals surface area contributed by atoms with Crippen LogP contribution >= 0.6 is 0 Å². The molecule has 8 rings (SSSR count). The van der Waals surface area contributed by atoms with Crippen molar-refractivity contribution in [2.75, 3.05) is 0 Å². The van der Waals surface area contributed by atoms with Crippen molar-refractivity contribution < 1.29 is 4.57 Å². The summed E-state index contributed by atoms with van der Waals surface area (Å²) < 4.78 is 4.99. The van der Waals surface area contributed by atoms with E-state index in [1.165, 1.54) is 55.1 Å². The monoisotopic (exact) mass is 572 g/mol. The van der Waals surface area contributed by atoms with E-state index < -0.39 is 0 Å². The third kappa shape index (κ3) is 4.50. The van der Waals surface area contributed by atoms with E-state index in [9.17, 15) is 0 Å². The van der Waals surface area contributed by atoms with E-state index in [1.807, 2.05) is 12.3 Å². The van der Waals surface area contributed by atoms with Gasteiger partial charge in [0, 0.05) is 64.6 Å². The Balaban J connectivity index is 1.18. The van der Waals surface area contributed by atoms with Crippen LogP contribution in [0.1, 0.15) is 48.1 Å².